The molecule has 0 aromatic heterocycles. The van der Waals surface area contributed by atoms with E-state index in [1.807, 2.05) is 0 Å². The zero-order chi connectivity index (χ0) is 16.0. The second-order valence-corrected chi connectivity index (χ2v) is 8.84. The maximum Gasteiger partial charge on any atom is 0.302 e. The van der Waals surface area contributed by atoms with Gasteiger partial charge in [0, 0.05) is 11.8 Å². The fraction of sp³-hybridized carbons (Fsp3) is 0.824. The molecule has 2 heterocycles. The molecular formula is C17H25BrO4. The van der Waals surface area contributed by atoms with Crippen LogP contribution in [0.2, 0.25) is 0 Å². The van der Waals surface area contributed by atoms with Crippen molar-refractivity contribution in [1.82, 2.24) is 0 Å². The molecule has 2 aliphatic carbocycles. The smallest absolute Gasteiger partial charge is 0.302 e. The number of hydrogen-bond donors (Lipinski definition) is 0. The highest BCUT2D eigenvalue weighted by Gasteiger charge is 2.54. The zero-order valence-corrected chi connectivity index (χ0v) is 15.1. The lowest BCUT2D eigenvalue weighted by Crippen LogP contribution is -2.56. The molecule has 0 aromatic rings. The van der Waals surface area contributed by atoms with Crippen molar-refractivity contribution < 1.29 is 19.3 Å². The summed E-state index contributed by atoms with van der Waals surface area (Å²) in [6.07, 6.45) is 9.41. The lowest BCUT2D eigenvalue weighted by atomic mass is 9.63. The van der Waals surface area contributed by atoms with Crippen LogP contribution in [-0.2, 0) is 19.3 Å². The van der Waals surface area contributed by atoms with Crippen molar-refractivity contribution in [2.75, 3.05) is 6.61 Å². The topological polar surface area (TPSA) is 44.8 Å². The molecule has 2 fully saturated rings. The summed E-state index contributed by atoms with van der Waals surface area (Å²) < 4.78 is 5.12. The van der Waals surface area contributed by atoms with Crippen molar-refractivity contribution in [3.63, 3.8) is 0 Å². The van der Waals surface area contributed by atoms with Gasteiger partial charge in [-0.05, 0) is 49.5 Å². The molecule has 1 saturated carbocycles. The first-order valence-corrected chi connectivity index (χ1v) is 9.03. The average Bonchev–Trinajstić information content (AvgIpc) is 2.50. The second kappa shape index (κ2) is 5.60. The summed E-state index contributed by atoms with van der Waals surface area (Å²) in [7, 11) is 0. The summed E-state index contributed by atoms with van der Waals surface area (Å²) in [6, 6.07) is 0. The number of alkyl halides is 1. The van der Waals surface area contributed by atoms with E-state index < -0.39 is 5.60 Å². The maximum absolute atomic E-state index is 11.0. The number of ether oxygens (including phenoxy) is 1. The Labute approximate surface area is 140 Å². The summed E-state index contributed by atoms with van der Waals surface area (Å²) in [6.45, 7) is 6.28. The lowest BCUT2D eigenvalue weighted by Gasteiger charge is -2.53. The SMILES string of the molecule is CC(=O)OCC12C=CC([C@H]3CC[C@H](Br)C(C)(C)C3)(CC1)OO2. The third-order valence-corrected chi connectivity index (χ3v) is 7.27. The number of fused-ring (bicyclic) bond motifs is 2. The predicted octanol–water partition coefficient (Wildman–Crippen LogP) is 3.93. The highest BCUT2D eigenvalue weighted by atomic mass is 79.9. The van der Waals surface area contributed by atoms with Crippen molar-refractivity contribution in [2.45, 2.75) is 68.9 Å². The van der Waals surface area contributed by atoms with Gasteiger partial charge in [-0.1, -0.05) is 35.9 Å². The van der Waals surface area contributed by atoms with Gasteiger partial charge in [0.2, 0.25) is 0 Å². The van der Waals surface area contributed by atoms with Gasteiger partial charge in [0.15, 0.2) is 5.60 Å². The fourth-order valence-electron chi connectivity index (χ4n) is 3.96. The van der Waals surface area contributed by atoms with E-state index in [1.165, 1.54) is 6.92 Å². The molecule has 2 aliphatic heterocycles. The lowest BCUT2D eigenvalue weighted by molar-refractivity contribution is -0.441. The van der Waals surface area contributed by atoms with E-state index in [9.17, 15) is 4.79 Å². The minimum absolute atomic E-state index is 0.231. The number of rotatable bonds is 3. The third-order valence-electron chi connectivity index (χ3n) is 5.57. The Kier molecular flexibility index (Phi) is 4.19. The van der Waals surface area contributed by atoms with Crippen molar-refractivity contribution in [2.24, 2.45) is 11.3 Å². The van der Waals surface area contributed by atoms with Gasteiger partial charge >= 0.3 is 5.97 Å². The van der Waals surface area contributed by atoms with E-state index in [-0.39, 0.29) is 23.6 Å². The molecule has 2 bridgehead atoms. The van der Waals surface area contributed by atoms with Crippen LogP contribution in [0.5, 0.6) is 0 Å². The Morgan fingerprint density at radius 1 is 1.27 bits per heavy atom. The highest BCUT2D eigenvalue weighted by Crippen LogP contribution is 2.53. The highest BCUT2D eigenvalue weighted by molar-refractivity contribution is 9.09. The summed E-state index contributed by atoms with van der Waals surface area (Å²) in [5.74, 6) is 0.186. The number of halogens is 1. The van der Waals surface area contributed by atoms with Gasteiger partial charge in [-0.3, -0.25) is 4.79 Å². The standard InChI is InChI=1S/C17H25BrO4/c1-12(19)20-11-16-6-8-17(9-7-16,22-21-16)13-4-5-14(18)15(2,3)10-13/h6,8,13-14H,4-5,7,9-11H2,1-3H3/t13-,14-,16?,17?/m0/s1. The third kappa shape index (κ3) is 2.87. The van der Waals surface area contributed by atoms with Crippen LogP contribution in [0.1, 0.15) is 52.9 Å². The predicted molar refractivity (Wildman–Crippen MR) is 86.5 cm³/mol. The molecule has 0 aromatic carbocycles. The van der Waals surface area contributed by atoms with Crippen molar-refractivity contribution in [3.05, 3.63) is 12.2 Å². The van der Waals surface area contributed by atoms with E-state index in [0.717, 1.165) is 32.1 Å². The number of hydrogen-bond acceptors (Lipinski definition) is 4. The monoisotopic (exact) mass is 372 g/mol. The van der Waals surface area contributed by atoms with Crippen LogP contribution in [0.4, 0.5) is 0 Å². The minimum Gasteiger partial charge on any atom is -0.462 e. The molecule has 2 unspecified atom stereocenters. The molecule has 4 rings (SSSR count). The molecule has 0 amide bonds. The van der Waals surface area contributed by atoms with E-state index in [1.54, 1.807) is 0 Å². The first-order chi connectivity index (χ1) is 10.3. The molecule has 124 valence electrons. The second-order valence-electron chi connectivity index (χ2n) is 7.73. The Morgan fingerprint density at radius 2 is 2.05 bits per heavy atom. The molecule has 5 heteroatoms. The van der Waals surface area contributed by atoms with E-state index in [4.69, 9.17) is 14.5 Å². The van der Waals surface area contributed by atoms with Crippen LogP contribution in [0.15, 0.2) is 12.2 Å². The van der Waals surface area contributed by atoms with Gasteiger partial charge in [-0.25, -0.2) is 9.78 Å². The summed E-state index contributed by atoms with van der Waals surface area (Å²) in [5.41, 5.74) is -0.628. The zero-order valence-electron chi connectivity index (χ0n) is 13.6. The summed E-state index contributed by atoms with van der Waals surface area (Å²) in [5, 5.41) is 0. The molecule has 22 heavy (non-hydrogen) atoms. The number of esters is 1. The van der Waals surface area contributed by atoms with Crippen molar-refractivity contribution >= 4 is 21.9 Å². The quantitative estimate of drug-likeness (QED) is 0.326. The van der Waals surface area contributed by atoms with Gasteiger partial charge < -0.3 is 4.74 Å². The first kappa shape index (κ1) is 16.5. The van der Waals surface area contributed by atoms with Gasteiger partial charge in [0.25, 0.3) is 0 Å². The Hall–Kier alpha value is -0.390. The summed E-state index contributed by atoms with van der Waals surface area (Å²) >= 11 is 3.81. The Bertz CT molecular complexity index is 477. The normalized spacial score (nSPS) is 43.1. The molecule has 4 atom stereocenters. The number of carbonyl (C=O) groups excluding carboxylic acids is 1. The minimum atomic E-state index is -0.588. The van der Waals surface area contributed by atoms with Crippen LogP contribution < -0.4 is 0 Å². The van der Waals surface area contributed by atoms with Crippen LogP contribution in [0.3, 0.4) is 0 Å². The van der Waals surface area contributed by atoms with Crippen LogP contribution in [0.25, 0.3) is 0 Å². The van der Waals surface area contributed by atoms with Gasteiger partial charge in [0.1, 0.15) is 12.2 Å². The molecule has 0 N–H and O–H groups in total. The van der Waals surface area contributed by atoms with Crippen LogP contribution in [-0.4, -0.2) is 28.6 Å². The molecule has 1 saturated heterocycles. The van der Waals surface area contributed by atoms with E-state index in [0.29, 0.717) is 10.7 Å². The molecule has 0 spiro atoms. The Morgan fingerprint density at radius 3 is 2.55 bits per heavy atom. The largest absolute Gasteiger partial charge is 0.462 e. The molecular weight excluding hydrogens is 348 g/mol. The first-order valence-electron chi connectivity index (χ1n) is 8.12. The van der Waals surface area contributed by atoms with E-state index in [2.05, 4.69) is 41.9 Å². The maximum atomic E-state index is 11.0. The summed E-state index contributed by atoms with van der Waals surface area (Å²) in [4.78, 5) is 23.2. The molecule has 4 aliphatic rings. The fourth-order valence-corrected chi connectivity index (χ4v) is 4.41. The van der Waals surface area contributed by atoms with Gasteiger partial charge in [-0.2, -0.15) is 0 Å². The van der Waals surface area contributed by atoms with Gasteiger partial charge in [0.05, 0.1) is 0 Å². The van der Waals surface area contributed by atoms with E-state index >= 15 is 0 Å². The van der Waals surface area contributed by atoms with Crippen LogP contribution in [0, 0.1) is 11.3 Å². The van der Waals surface area contributed by atoms with Gasteiger partial charge in [-0.15, -0.1) is 0 Å². The van der Waals surface area contributed by atoms with Crippen molar-refractivity contribution in [1.29, 1.82) is 0 Å². The molecule has 4 nitrogen and oxygen atoms in total. The Balaban J connectivity index is 1.72. The average molecular weight is 373 g/mol. The van der Waals surface area contributed by atoms with Crippen molar-refractivity contribution in [3.8, 4) is 0 Å². The molecule has 0 radical (unpaired) electrons. The van der Waals surface area contributed by atoms with Crippen LogP contribution >= 0.6 is 15.9 Å². The number of carbonyl (C=O) groups is 1.